The van der Waals surface area contributed by atoms with E-state index in [1.54, 1.807) is 12.1 Å². The minimum Gasteiger partial charge on any atom is -0.497 e. The first-order chi connectivity index (χ1) is 17.7. The third kappa shape index (κ3) is 6.20. The Kier molecular flexibility index (Phi) is 7.67. The van der Waals surface area contributed by atoms with Gasteiger partial charge in [0.2, 0.25) is 11.7 Å². The third-order valence-electron chi connectivity index (χ3n) is 5.89. The highest BCUT2D eigenvalue weighted by molar-refractivity contribution is 5.97. The molecule has 1 saturated heterocycles. The van der Waals surface area contributed by atoms with Gasteiger partial charge < -0.3 is 29.4 Å². The Morgan fingerprint density at radius 3 is 2.38 bits per heavy atom. The van der Waals surface area contributed by atoms with E-state index >= 15 is 0 Å². The van der Waals surface area contributed by atoms with Gasteiger partial charge in [0.25, 0.3) is 5.91 Å². The van der Waals surface area contributed by atoms with Gasteiger partial charge in [0.1, 0.15) is 28.4 Å². The van der Waals surface area contributed by atoms with Crippen LogP contribution in [-0.2, 0) is 22.3 Å². The molecule has 37 heavy (non-hydrogen) atoms. The van der Waals surface area contributed by atoms with Crippen LogP contribution in [0.25, 0.3) is 0 Å². The summed E-state index contributed by atoms with van der Waals surface area (Å²) in [4.78, 5) is 25.6. The largest absolute Gasteiger partial charge is 0.497 e. The summed E-state index contributed by atoms with van der Waals surface area (Å²) in [5.41, 5.74) is -1.47. The number of ether oxygens (including phenoxy) is 3. The van der Waals surface area contributed by atoms with Crippen molar-refractivity contribution in [3.63, 3.8) is 0 Å². The Balaban J connectivity index is 1.41. The predicted octanol–water partition coefficient (Wildman–Crippen LogP) is 4.09. The van der Waals surface area contributed by atoms with Crippen molar-refractivity contribution >= 4 is 11.8 Å². The van der Waals surface area contributed by atoms with E-state index < -0.39 is 29.1 Å². The molecule has 0 radical (unpaired) electrons. The fraction of sp³-hybridized carbons (Fsp3) is 0.320. The number of carbonyl (C=O) groups excluding carboxylic acids is 2. The lowest BCUT2D eigenvalue weighted by Crippen LogP contribution is -2.61. The Labute approximate surface area is 209 Å². The summed E-state index contributed by atoms with van der Waals surface area (Å²) in [7, 11) is 1.28. The molecule has 0 saturated carbocycles. The molecule has 1 aliphatic rings. The van der Waals surface area contributed by atoms with Crippen molar-refractivity contribution in [3.05, 3.63) is 71.6 Å². The van der Waals surface area contributed by atoms with E-state index in [0.29, 0.717) is 18.8 Å². The highest BCUT2D eigenvalue weighted by Gasteiger charge is 2.42. The molecule has 0 unspecified atom stereocenters. The number of hydrogen-bond acceptors (Lipinski definition) is 7. The lowest BCUT2D eigenvalue weighted by atomic mass is 9.88. The second kappa shape index (κ2) is 10.9. The second-order valence-electron chi connectivity index (χ2n) is 8.31. The molecule has 196 valence electrons. The number of rotatable bonds is 8. The topological polar surface area (TPSA) is 112 Å². The highest BCUT2D eigenvalue weighted by Crippen LogP contribution is 2.40. The van der Waals surface area contributed by atoms with Gasteiger partial charge in [0, 0.05) is 38.7 Å². The van der Waals surface area contributed by atoms with Crippen LogP contribution in [0.4, 0.5) is 13.2 Å². The number of hydrogen-bond donors (Lipinski definition) is 2. The van der Waals surface area contributed by atoms with E-state index in [1.807, 2.05) is 0 Å². The Morgan fingerprint density at radius 2 is 1.76 bits per heavy atom. The number of nitrogens with one attached hydrogen (secondary N) is 2. The number of nitrogens with zero attached hydrogens (tertiary/aromatic N) is 1. The summed E-state index contributed by atoms with van der Waals surface area (Å²) in [6, 6.07) is 11.1. The lowest BCUT2D eigenvalue weighted by Gasteiger charge is -2.36. The maximum absolute atomic E-state index is 13.4. The average Bonchev–Trinajstić information content (AvgIpc) is 3.44. The minimum atomic E-state index is -4.63. The van der Waals surface area contributed by atoms with Crippen LogP contribution in [0.3, 0.4) is 0 Å². The third-order valence-corrected chi connectivity index (χ3v) is 5.89. The van der Waals surface area contributed by atoms with E-state index in [4.69, 9.17) is 18.7 Å². The van der Waals surface area contributed by atoms with Gasteiger partial charge in [-0.2, -0.15) is 13.2 Å². The number of amides is 2. The number of carbonyl (C=O) groups is 2. The van der Waals surface area contributed by atoms with Crippen LogP contribution in [0.1, 0.15) is 34.5 Å². The summed E-state index contributed by atoms with van der Waals surface area (Å²) in [5.74, 6) is -1.08. The van der Waals surface area contributed by atoms with Gasteiger partial charge in [-0.25, -0.2) is 0 Å². The Hall–Kier alpha value is -4.06. The van der Waals surface area contributed by atoms with Crippen molar-refractivity contribution in [1.29, 1.82) is 0 Å². The van der Waals surface area contributed by atoms with E-state index in [1.165, 1.54) is 43.6 Å². The molecule has 1 fully saturated rings. The van der Waals surface area contributed by atoms with Gasteiger partial charge in [0.05, 0.1) is 13.3 Å². The molecule has 3 aromatic rings. The summed E-state index contributed by atoms with van der Waals surface area (Å²) in [6.07, 6.45) is -2.75. The van der Waals surface area contributed by atoms with Crippen LogP contribution in [0.15, 0.2) is 59.3 Å². The number of methoxy groups -OCH3 is 1. The zero-order valence-electron chi connectivity index (χ0n) is 19.8. The van der Waals surface area contributed by atoms with Crippen LogP contribution in [0.2, 0.25) is 0 Å². The smallest absolute Gasteiger partial charge is 0.420 e. The van der Waals surface area contributed by atoms with Crippen LogP contribution >= 0.6 is 0 Å². The number of halogens is 3. The number of alkyl halides is 3. The second-order valence-corrected chi connectivity index (χ2v) is 8.31. The summed E-state index contributed by atoms with van der Waals surface area (Å²) in [6.45, 7) is 0.707. The predicted molar refractivity (Wildman–Crippen MR) is 123 cm³/mol. The monoisotopic (exact) mass is 519 g/mol. The molecule has 1 aliphatic heterocycles. The van der Waals surface area contributed by atoms with Crippen molar-refractivity contribution in [1.82, 2.24) is 15.8 Å². The first kappa shape index (κ1) is 26.0. The Bertz CT molecular complexity index is 1220. The zero-order valence-corrected chi connectivity index (χ0v) is 19.8. The van der Waals surface area contributed by atoms with Gasteiger partial charge in [-0.15, -0.1) is 0 Å². The first-order valence-electron chi connectivity index (χ1n) is 11.3. The van der Waals surface area contributed by atoms with Gasteiger partial charge >= 0.3 is 6.18 Å². The van der Waals surface area contributed by atoms with E-state index in [2.05, 4.69) is 15.8 Å². The van der Waals surface area contributed by atoms with Crippen LogP contribution in [-0.4, -0.2) is 42.8 Å². The van der Waals surface area contributed by atoms with Crippen molar-refractivity contribution in [2.24, 2.45) is 0 Å². The van der Waals surface area contributed by atoms with Gasteiger partial charge in [0.15, 0.2) is 0 Å². The van der Waals surface area contributed by atoms with E-state index in [0.717, 1.165) is 6.07 Å². The van der Waals surface area contributed by atoms with Gasteiger partial charge in [-0.1, -0.05) is 17.3 Å². The molecule has 9 nitrogen and oxygen atoms in total. The van der Waals surface area contributed by atoms with Crippen LogP contribution in [0.5, 0.6) is 17.2 Å². The average molecular weight is 519 g/mol. The first-order valence-corrected chi connectivity index (χ1v) is 11.3. The van der Waals surface area contributed by atoms with E-state index in [9.17, 15) is 22.8 Å². The van der Waals surface area contributed by atoms with Crippen LogP contribution < -0.4 is 20.1 Å². The van der Waals surface area contributed by atoms with Crippen molar-refractivity contribution in [2.75, 3.05) is 20.3 Å². The van der Waals surface area contributed by atoms with Gasteiger partial charge in [-0.05, 0) is 35.9 Å². The molecule has 2 heterocycles. The minimum absolute atomic E-state index is 0.0141. The zero-order chi connectivity index (χ0) is 26.5. The van der Waals surface area contributed by atoms with Crippen LogP contribution in [0, 0.1) is 0 Å². The highest BCUT2D eigenvalue weighted by atomic mass is 19.4. The fourth-order valence-electron chi connectivity index (χ4n) is 3.84. The van der Waals surface area contributed by atoms with E-state index in [-0.39, 0.29) is 42.4 Å². The molecule has 0 aliphatic carbocycles. The quantitative estimate of drug-likeness (QED) is 0.461. The summed E-state index contributed by atoms with van der Waals surface area (Å²) < 4.78 is 60.9. The van der Waals surface area contributed by atoms with Crippen molar-refractivity contribution in [2.45, 2.75) is 31.1 Å². The molecule has 0 bridgehead atoms. The Morgan fingerprint density at radius 1 is 1.05 bits per heavy atom. The molecule has 0 spiro atoms. The summed E-state index contributed by atoms with van der Waals surface area (Å²) in [5, 5.41) is 9.06. The number of benzene rings is 2. The molecular weight excluding hydrogens is 495 g/mol. The molecule has 12 heteroatoms. The lowest BCUT2D eigenvalue weighted by molar-refractivity contribution is -0.138. The standard InChI is InChI=1S/C25H24F3N3O6/c1-34-18-6-7-20(19(14-18)25(26,27)28)36-17-4-2-16(3-5-17)15-29-23(33)24(9-12-35-13-10-24)31-22(32)21-8-11-30-37-21/h2-8,11,14H,9-10,12-13,15H2,1H3,(H,29,33)(H,31,32). The molecule has 4 rings (SSSR count). The maximum atomic E-state index is 13.4. The molecule has 2 amide bonds. The fourth-order valence-corrected chi connectivity index (χ4v) is 3.84. The molecule has 0 atom stereocenters. The SMILES string of the molecule is COc1ccc(Oc2ccc(CNC(=O)C3(NC(=O)c4ccno4)CCOCC3)cc2)c(C(F)(F)F)c1. The molecule has 2 N–H and O–H groups in total. The molecule has 2 aromatic carbocycles. The molecular formula is C25H24F3N3O6. The maximum Gasteiger partial charge on any atom is 0.420 e. The van der Waals surface area contributed by atoms with Crippen molar-refractivity contribution in [3.8, 4) is 17.2 Å². The normalized spacial score (nSPS) is 15.0. The van der Waals surface area contributed by atoms with Gasteiger partial charge in [-0.3, -0.25) is 9.59 Å². The summed E-state index contributed by atoms with van der Waals surface area (Å²) >= 11 is 0. The van der Waals surface area contributed by atoms with Crippen molar-refractivity contribution < 1.29 is 41.5 Å². The number of aromatic nitrogens is 1. The molecule has 1 aromatic heterocycles.